The van der Waals surface area contributed by atoms with Crippen LogP contribution in [0.25, 0.3) is 0 Å². The standard InChI is InChI=1S/C21H30N4O3/c1-9-28-19(27)14-10-11-15(22-13(14)2)18(26)23-17-12-16(20(3,4)5)24-25(17)21(6,7)8/h10-12H,9H2,1-8H3,(H,23,26). The summed E-state index contributed by atoms with van der Waals surface area (Å²) in [5.41, 5.74) is 1.47. The molecule has 0 saturated heterocycles. The predicted molar refractivity (Wildman–Crippen MR) is 109 cm³/mol. The number of hydrogen-bond donors (Lipinski definition) is 1. The molecule has 0 aromatic carbocycles. The van der Waals surface area contributed by atoms with Crippen LogP contribution in [-0.4, -0.2) is 33.2 Å². The van der Waals surface area contributed by atoms with Crippen LogP contribution in [0.2, 0.25) is 0 Å². The molecule has 0 atom stereocenters. The molecular weight excluding hydrogens is 356 g/mol. The summed E-state index contributed by atoms with van der Waals surface area (Å²) < 4.78 is 6.81. The number of aryl methyl sites for hydroxylation is 1. The van der Waals surface area contributed by atoms with Gasteiger partial charge in [0.15, 0.2) is 0 Å². The molecule has 2 aromatic rings. The second-order valence-corrected chi connectivity index (χ2v) is 8.75. The average molecular weight is 386 g/mol. The second-order valence-electron chi connectivity index (χ2n) is 8.75. The first-order valence-corrected chi connectivity index (χ1v) is 9.41. The maximum atomic E-state index is 12.8. The van der Waals surface area contributed by atoms with Gasteiger partial charge in [-0.2, -0.15) is 5.10 Å². The van der Waals surface area contributed by atoms with Gasteiger partial charge in [-0.1, -0.05) is 20.8 Å². The van der Waals surface area contributed by atoms with Gasteiger partial charge in [-0.25, -0.2) is 14.5 Å². The van der Waals surface area contributed by atoms with Crippen LogP contribution in [0.4, 0.5) is 5.82 Å². The van der Waals surface area contributed by atoms with Gasteiger partial charge < -0.3 is 10.1 Å². The SMILES string of the molecule is CCOC(=O)c1ccc(C(=O)Nc2cc(C(C)(C)C)nn2C(C)(C)C)nc1C. The van der Waals surface area contributed by atoms with Crippen molar-refractivity contribution < 1.29 is 14.3 Å². The van der Waals surface area contributed by atoms with E-state index in [0.29, 0.717) is 17.1 Å². The molecule has 7 nitrogen and oxygen atoms in total. The van der Waals surface area contributed by atoms with E-state index >= 15 is 0 Å². The van der Waals surface area contributed by atoms with Crippen LogP contribution in [0.3, 0.4) is 0 Å². The highest BCUT2D eigenvalue weighted by Gasteiger charge is 2.26. The number of ether oxygens (including phenoxy) is 1. The Morgan fingerprint density at radius 2 is 1.79 bits per heavy atom. The van der Waals surface area contributed by atoms with E-state index in [2.05, 4.69) is 31.1 Å². The Morgan fingerprint density at radius 1 is 1.14 bits per heavy atom. The van der Waals surface area contributed by atoms with Gasteiger partial charge in [0.2, 0.25) is 0 Å². The summed E-state index contributed by atoms with van der Waals surface area (Å²) in [5, 5.41) is 7.60. The quantitative estimate of drug-likeness (QED) is 0.801. The summed E-state index contributed by atoms with van der Waals surface area (Å²) in [6, 6.07) is 4.98. The van der Waals surface area contributed by atoms with Crippen LogP contribution in [-0.2, 0) is 15.7 Å². The number of anilines is 1. The van der Waals surface area contributed by atoms with Crippen molar-refractivity contribution in [3.05, 3.63) is 40.8 Å². The monoisotopic (exact) mass is 386 g/mol. The molecule has 2 rings (SSSR count). The Bertz CT molecular complexity index is 886. The summed E-state index contributed by atoms with van der Waals surface area (Å²) in [5.74, 6) is -0.194. The highest BCUT2D eigenvalue weighted by Crippen LogP contribution is 2.28. The lowest BCUT2D eigenvalue weighted by atomic mass is 9.92. The van der Waals surface area contributed by atoms with E-state index in [1.807, 2.05) is 31.5 Å². The van der Waals surface area contributed by atoms with Crippen molar-refractivity contribution in [3.63, 3.8) is 0 Å². The largest absolute Gasteiger partial charge is 0.462 e. The van der Waals surface area contributed by atoms with Crippen molar-refractivity contribution in [2.24, 2.45) is 0 Å². The summed E-state index contributed by atoms with van der Waals surface area (Å²) in [6.07, 6.45) is 0. The number of amides is 1. The smallest absolute Gasteiger partial charge is 0.339 e. The fourth-order valence-corrected chi connectivity index (χ4v) is 2.64. The number of aromatic nitrogens is 3. The molecule has 0 saturated carbocycles. The lowest BCUT2D eigenvalue weighted by Gasteiger charge is -2.23. The third-order valence-corrected chi connectivity index (χ3v) is 4.17. The molecule has 0 spiro atoms. The zero-order valence-corrected chi connectivity index (χ0v) is 18.0. The summed E-state index contributed by atoms with van der Waals surface area (Å²) >= 11 is 0. The Balaban J connectivity index is 2.34. The number of nitrogens with one attached hydrogen (secondary N) is 1. The number of rotatable bonds is 4. The summed E-state index contributed by atoms with van der Waals surface area (Å²) in [7, 11) is 0. The van der Waals surface area contributed by atoms with Crippen molar-refractivity contribution in [2.75, 3.05) is 11.9 Å². The van der Waals surface area contributed by atoms with Gasteiger partial charge in [-0.3, -0.25) is 4.79 Å². The van der Waals surface area contributed by atoms with Crippen LogP contribution in [0.5, 0.6) is 0 Å². The molecule has 0 aliphatic heterocycles. The number of pyridine rings is 1. The number of nitrogens with zero attached hydrogens (tertiary/aromatic N) is 3. The lowest BCUT2D eigenvalue weighted by Crippen LogP contribution is -2.27. The second kappa shape index (κ2) is 7.73. The van der Waals surface area contributed by atoms with Gasteiger partial charge in [0.1, 0.15) is 11.5 Å². The lowest BCUT2D eigenvalue weighted by molar-refractivity contribution is 0.0524. The Morgan fingerprint density at radius 3 is 2.29 bits per heavy atom. The first kappa shape index (κ1) is 21.6. The van der Waals surface area contributed by atoms with Gasteiger partial charge in [0.05, 0.1) is 29.1 Å². The number of hydrogen-bond acceptors (Lipinski definition) is 5. The number of carbonyl (C=O) groups excluding carboxylic acids is 2. The minimum absolute atomic E-state index is 0.147. The number of carbonyl (C=O) groups is 2. The van der Waals surface area contributed by atoms with E-state index in [1.165, 1.54) is 6.07 Å². The molecule has 0 aliphatic rings. The zero-order chi connectivity index (χ0) is 21.3. The van der Waals surface area contributed by atoms with Crippen LogP contribution in [0.15, 0.2) is 18.2 Å². The molecule has 7 heteroatoms. The molecule has 0 unspecified atom stereocenters. The van der Waals surface area contributed by atoms with Crippen LogP contribution in [0, 0.1) is 6.92 Å². The van der Waals surface area contributed by atoms with Gasteiger partial charge >= 0.3 is 5.97 Å². The average Bonchev–Trinajstić information content (AvgIpc) is 2.99. The van der Waals surface area contributed by atoms with Gasteiger partial charge in [0.25, 0.3) is 5.91 Å². The van der Waals surface area contributed by atoms with E-state index < -0.39 is 5.97 Å². The highest BCUT2D eigenvalue weighted by molar-refractivity contribution is 6.03. The Hall–Kier alpha value is -2.70. The van der Waals surface area contributed by atoms with Crippen LogP contribution >= 0.6 is 0 Å². The van der Waals surface area contributed by atoms with Crippen molar-refractivity contribution in [1.82, 2.24) is 14.8 Å². The topological polar surface area (TPSA) is 86.1 Å². The molecule has 2 aromatic heterocycles. The van der Waals surface area contributed by atoms with Crippen molar-refractivity contribution in [2.45, 2.75) is 66.3 Å². The minimum atomic E-state index is -0.444. The maximum absolute atomic E-state index is 12.8. The predicted octanol–water partition coefficient (Wildman–Crippen LogP) is 4.07. The van der Waals surface area contributed by atoms with Crippen LogP contribution in [0.1, 0.15) is 80.7 Å². The molecular formula is C21H30N4O3. The van der Waals surface area contributed by atoms with Crippen molar-refractivity contribution in [3.8, 4) is 0 Å². The van der Waals surface area contributed by atoms with Crippen LogP contribution < -0.4 is 5.32 Å². The molecule has 1 amide bonds. The fourth-order valence-electron chi connectivity index (χ4n) is 2.64. The molecule has 152 valence electrons. The van der Waals surface area contributed by atoms with E-state index in [9.17, 15) is 9.59 Å². The van der Waals surface area contributed by atoms with Crippen molar-refractivity contribution in [1.29, 1.82) is 0 Å². The Kier molecular flexibility index (Phi) is 5.97. The third-order valence-electron chi connectivity index (χ3n) is 4.17. The first-order chi connectivity index (χ1) is 12.8. The molecule has 0 fully saturated rings. The van der Waals surface area contributed by atoms with Gasteiger partial charge in [-0.15, -0.1) is 0 Å². The highest BCUT2D eigenvalue weighted by atomic mass is 16.5. The molecule has 2 heterocycles. The first-order valence-electron chi connectivity index (χ1n) is 9.41. The van der Waals surface area contributed by atoms with Gasteiger partial charge in [0, 0.05) is 11.5 Å². The van der Waals surface area contributed by atoms with E-state index in [-0.39, 0.29) is 29.2 Å². The molecule has 0 radical (unpaired) electrons. The van der Waals surface area contributed by atoms with E-state index in [4.69, 9.17) is 9.84 Å². The molecule has 0 aliphatic carbocycles. The zero-order valence-electron chi connectivity index (χ0n) is 18.0. The molecule has 0 bridgehead atoms. The van der Waals surface area contributed by atoms with Crippen molar-refractivity contribution >= 4 is 17.7 Å². The third kappa shape index (κ3) is 4.77. The normalized spacial score (nSPS) is 12.0. The maximum Gasteiger partial charge on any atom is 0.339 e. The minimum Gasteiger partial charge on any atom is -0.462 e. The van der Waals surface area contributed by atoms with E-state index in [0.717, 1.165) is 5.69 Å². The van der Waals surface area contributed by atoms with Gasteiger partial charge in [-0.05, 0) is 46.8 Å². The molecule has 1 N–H and O–H groups in total. The van der Waals surface area contributed by atoms with E-state index in [1.54, 1.807) is 19.9 Å². The number of esters is 1. The Labute approximate surface area is 166 Å². The fraction of sp³-hybridized carbons (Fsp3) is 0.524. The summed E-state index contributed by atoms with van der Waals surface area (Å²) in [4.78, 5) is 29.0. The summed E-state index contributed by atoms with van der Waals surface area (Å²) in [6.45, 7) is 16.0. The molecule has 28 heavy (non-hydrogen) atoms.